The molecule has 47 heavy (non-hydrogen) atoms. The average molecular weight is 650 g/mol. The Morgan fingerprint density at radius 3 is 2.36 bits per heavy atom. The topological polar surface area (TPSA) is 130 Å². The number of rotatable bonds is 5. The molecule has 1 heterocycles. The maximum Gasteiger partial charge on any atom is 0.330 e. The minimum Gasteiger partial charge on any atom is -0.480 e. The number of imidazole rings is 1. The summed E-state index contributed by atoms with van der Waals surface area (Å²) in [5.74, 6) is -1.80. The molecule has 9 nitrogen and oxygen atoms in total. The third-order valence-electron chi connectivity index (χ3n) is 14.8. The van der Waals surface area contributed by atoms with Gasteiger partial charge in [-0.25, -0.2) is 9.78 Å². The van der Waals surface area contributed by atoms with Crippen LogP contribution in [0.25, 0.3) is 0 Å². The third-order valence-corrected chi connectivity index (χ3v) is 14.8. The standard InChI is InChI=1S/C38H55N3O6/c1-23(42)47-41(27(31(44)45)18-24-21-39-22-40-24)32(46)35(5)15-14-34(4)16-17-37(7)25(26(34)20-35)19-28(43)30-36(6)12-9-11-33(2,3)29(36)10-13-38(30,37)8/h19,21-22,26-27,29-30H,9-18,20H2,1-8H3,(H,39,40)(H,44,45)/t26-,27-,29?,30?,34+,35?,36-,37+,38+/m0/s1. The fourth-order valence-electron chi connectivity index (χ4n) is 12.0. The van der Waals surface area contributed by atoms with Crippen molar-refractivity contribution in [1.82, 2.24) is 15.0 Å². The summed E-state index contributed by atoms with van der Waals surface area (Å²) in [5, 5.41) is 11.0. The summed E-state index contributed by atoms with van der Waals surface area (Å²) in [4.78, 5) is 66.4. The molecule has 0 saturated heterocycles. The zero-order valence-corrected chi connectivity index (χ0v) is 29.7. The highest BCUT2D eigenvalue weighted by molar-refractivity contribution is 5.96. The zero-order chi connectivity index (χ0) is 34.4. The lowest BCUT2D eigenvalue weighted by molar-refractivity contribution is -0.218. The van der Waals surface area contributed by atoms with E-state index in [1.807, 2.05) is 13.0 Å². The number of amides is 1. The molecule has 1 aromatic heterocycles. The Kier molecular flexibility index (Phi) is 7.96. The van der Waals surface area contributed by atoms with Crippen LogP contribution in [0.15, 0.2) is 24.2 Å². The number of hydroxylamine groups is 2. The number of aromatic nitrogens is 2. The van der Waals surface area contributed by atoms with Gasteiger partial charge in [-0.15, -0.1) is 0 Å². The van der Waals surface area contributed by atoms with Crippen LogP contribution >= 0.6 is 0 Å². The lowest BCUT2D eigenvalue weighted by Crippen LogP contribution is -2.65. The number of nitrogens with zero attached hydrogens (tertiary/aromatic N) is 2. The van der Waals surface area contributed by atoms with Crippen LogP contribution in [0.3, 0.4) is 0 Å². The number of hydrogen-bond donors (Lipinski definition) is 2. The summed E-state index contributed by atoms with van der Waals surface area (Å²) in [6, 6.07) is -1.43. The lowest BCUT2D eigenvalue weighted by Gasteiger charge is -2.70. The first-order valence-corrected chi connectivity index (χ1v) is 17.8. The largest absolute Gasteiger partial charge is 0.480 e. The molecule has 0 bridgehead atoms. The molecule has 0 aromatic carbocycles. The summed E-state index contributed by atoms with van der Waals surface area (Å²) >= 11 is 0. The summed E-state index contributed by atoms with van der Waals surface area (Å²) in [7, 11) is 0. The number of carboxylic acid groups (broad SMARTS) is 1. The highest BCUT2D eigenvalue weighted by Crippen LogP contribution is 2.75. The van der Waals surface area contributed by atoms with Gasteiger partial charge in [0.1, 0.15) is 0 Å². The van der Waals surface area contributed by atoms with Crippen molar-refractivity contribution in [2.24, 2.45) is 50.2 Å². The predicted molar refractivity (Wildman–Crippen MR) is 176 cm³/mol. The molecule has 3 unspecified atom stereocenters. The number of fused-ring (bicyclic) bond motifs is 7. The van der Waals surface area contributed by atoms with Gasteiger partial charge in [-0.3, -0.25) is 14.4 Å². The molecule has 5 aliphatic carbocycles. The van der Waals surface area contributed by atoms with Gasteiger partial charge in [-0.1, -0.05) is 60.5 Å². The van der Waals surface area contributed by atoms with Crippen LogP contribution in [0.2, 0.25) is 0 Å². The summed E-state index contributed by atoms with van der Waals surface area (Å²) < 4.78 is 0. The van der Waals surface area contributed by atoms with Gasteiger partial charge < -0.3 is 14.9 Å². The van der Waals surface area contributed by atoms with Gasteiger partial charge in [0.25, 0.3) is 5.91 Å². The predicted octanol–water partition coefficient (Wildman–Crippen LogP) is 7.08. The van der Waals surface area contributed by atoms with E-state index in [0.29, 0.717) is 24.5 Å². The minimum absolute atomic E-state index is 0.0206. The fraction of sp³-hybridized carbons (Fsp3) is 0.763. The number of nitrogens with one attached hydrogen (secondary N) is 1. The second-order valence-corrected chi connectivity index (χ2v) is 17.9. The fourth-order valence-corrected chi connectivity index (χ4v) is 12.0. The Hall–Kier alpha value is -2.97. The Labute approximate surface area is 279 Å². The third kappa shape index (κ3) is 5.03. The molecular weight excluding hydrogens is 594 g/mol. The smallest absolute Gasteiger partial charge is 0.330 e. The Morgan fingerprint density at radius 2 is 1.72 bits per heavy atom. The van der Waals surface area contributed by atoms with Gasteiger partial charge in [0.05, 0.1) is 17.4 Å². The van der Waals surface area contributed by atoms with E-state index >= 15 is 0 Å². The number of aliphatic carboxylic acids is 1. The van der Waals surface area contributed by atoms with Crippen molar-refractivity contribution in [3.63, 3.8) is 0 Å². The molecule has 258 valence electrons. The molecule has 5 aliphatic rings. The van der Waals surface area contributed by atoms with Gasteiger partial charge in [0.15, 0.2) is 11.8 Å². The van der Waals surface area contributed by atoms with E-state index in [0.717, 1.165) is 50.0 Å². The van der Waals surface area contributed by atoms with E-state index in [1.54, 1.807) is 6.20 Å². The molecule has 9 heteroatoms. The molecule has 6 rings (SSSR count). The zero-order valence-electron chi connectivity index (χ0n) is 29.7. The number of carboxylic acids is 1. The van der Waals surface area contributed by atoms with E-state index < -0.39 is 29.3 Å². The number of carbonyl (C=O) groups is 4. The highest BCUT2D eigenvalue weighted by atomic mass is 16.7. The van der Waals surface area contributed by atoms with E-state index in [4.69, 9.17) is 4.84 Å². The molecule has 0 radical (unpaired) electrons. The van der Waals surface area contributed by atoms with Crippen LogP contribution in [-0.2, 0) is 30.4 Å². The highest BCUT2D eigenvalue weighted by Gasteiger charge is 2.69. The van der Waals surface area contributed by atoms with Crippen molar-refractivity contribution in [2.45, 2.75) is 132 Å². The van der Waals surface area contributed by atoms with Crippen molar-refractivity contribution in [1.29, 1.82) is 0 Å². The SMILES string of the molecule is CC(=O)ON(C(=O)C1(C)CC[C@]2(C)CC[C@]3(C)C(=CC(=O)C4[C@@]5(C)CCCC(C)(C)C5CC[C@]43C)[C@@H]2C1)[C@@H](Cc1c[nH]cn1)C(=O)O. The van der Waals surface area contributed by atoms with Crippen molar-refractivity contribution < 1.29 is 29.1 Å². The number of allylic oxidation sites excluding steroid dienone is 2. The summed E-state index contributed by atoms with van der Waals surface area (Å²) in [6.07, 6.45) is 14.4. The molecule has 0 aliphatic heterocycles. The first kappa shape index (κ1) is 33.9. The van der Waals surface area contributed by atoms with Crippen LogP contribution in [0, 0.1) is 50.2 Å². The average Bonchev–Trinajstić information content (AvgIpc) is 3.49. The second-order valence-electron chi connectivity index (χ2n) is 17.9. The lowest BCUT2D eigenvalue weighted by atomic mass is 9.33. The van der Waals surface area contributed by atoms with Crippen molar-refractivity contribution in [2.75, 3.05) is 0 Å². The van der Waals surface area contributed by atoms with E-state index in [-0.39, 0.29) is 51.1 Å². The van der Waals surface area contributed by atoms with Gasteiger partial charge in [0.2, 0.25) is 0 Å². The molecule has 1 amide bonds. The number of aromatic amines is 1. The van der Waals surface area contributed by atoms with E-state index in [2.05, 4.69) is 51.5 Å². The van der Waals surface area contributed by atoms with Crippen molar-refractivity contribution in [3.05, 3.63) is 29.9 Å². The van der Waals surface area contributed by atoms with Gasteiger partial charge >= 0.3 is 11.9 Å². The number of H-pyrrole nitrogens is 1. The molecule has 1 aromatic rings. The Balaban J connectivity index is 1.37. The molecular formula is C38H55N3O6. The molecule has 9 atom stereocenters. The maximum atomic E-state index is 14.6. The molecule has 0 spiro atoms. The van der Waals surface area contributed by atoms with Crippen LogP contribution in [0.5, 0.6) is 0 Å². The number of hydrogen-bond acceptors (Lipinski definition) is 6. The van der Waals surface area contributed by atoms with Gasteiger partial charge in [0, 0.05) is 25.5 Å². The monoisotopic (exact) mass is 649 g/mol. The maximum absolute atomic E-state index is 14.6. The van der Waals surface area contributed by atoms with Crippen LogP contribution in [0.1, 0.15) is 125 Å². The normalized spacial score (nSPS) is 41.2. The van der Waals surface area contributed by atoms with Gasteiger partial charge in [-0.05, 0) is 103 Å². The number of ketones is 1. The second kappa shape index (κ2) is 11.0. The Morgan fingerprint density at radius 1 is 1.02 bits per heavy atom. The molecule has 4 saturated carbocycles. The van der Waals surface area contributed by atoms with Crippen LogP contribution < -0.4 is 0 Å². The Bertz CT molecular complexity index is 1500. The van der Waals surface area contributed by atoms with E-state index in [9.17, 15) is 24.3 Å². The van der Waals surface area contributed by atoms with Crippen LogP contribution in [-0.4, -0.2) is 49.8 Å². The van der Waals surface area contributed by atoms with Crippen molar-refractivity contribution in [3.8, 4) is 0 Å². The van der Waals surface area contributed by atoms with Gasteiger partial charge in [-0.2, -0.15) is 5.06 Å². The van der Waals surface area contributed by atoms with Crippen LogP contribution in [0.4, 0.5) is 0 Å². The first-order chi connectivity index (χ1) is 21.8. The summed E-state index contributed by atoms with van der Waals surface area (Å²) in [6.45, 7) is 17.4. The first-order valence-electron chi connectivity index (χ1n) is 17.8. The minimum atomic E-state index is -1.43. The van der Waals surface area contributed by atoms with E-state index in [1.165, 1.54) is 25.2 Å². The number of carbonyl (C=O) groups excluding carboxylic acids is 3. The molecule has 2 N–H and O–H groups in total. The van der Waals surface area contributed by atoms with Crippen molar-refractivity contribution >= 4 is 23.6 Å². The summed E-state index contributed by atoms with van der Waals surface area (Å²) in [5.41, 5.74) is 0.362. The quantitative estimate of drug-likeness (QED) is 0.326. The molecule has 4 fully saturated rings.